The van der Waals surface area contributed by atoms with E-state index in [1.807, 2.05) is 12.4 Å². The molecule has 0 aliphatic carbocycles. The topological polar surface area (TPSA) is 38.2 Å². The Kier molecular flexibility index (Phi) is 3.72. The third-order valence-corrected chi connectivity index (χ3v) is 3.13. The van der Waals surface area contributed by atoms with Crippen LogP contribution in [0.15, 0.2) is 12.4 Å². The van der Waals surface area contributed by atoms with E-state index in [9.17, 15) is 0 Å². The molecule has 0 amide bonds. The molecule has 0 spiro atoms. The summed E-state index contributed by atoms with van der Waals surface area (Å²) in [5.41, 5.74) is 1.22. The molecule has 1 aliphatic heterocycles. The quantitative estimate of drug-likeness (QED) is 0.780. The molecule has 4 heteroatoms. The number of anilines is 1. The highest BCUT2D eigenvalue weighted by Crippen LogP contribution is 2.18. The van der Waals surface area contributed by atoms with E-state index in [0.717, 1.165) is 38.7 Å². The van der Waals surface area contributed by atoms with Gasteiger partial charge in [-0.3, -0.25) is 0 Å². The molecule has 1 aromatic heterocycles. The normalized spacial score (nSPS) is 18.5. The zero-order valence-corrected chi connectivity index (χ0v) is 10.0. The standard InChI is InChI=1S/C12H19N3O/c1-3-10(2)11-8-13-12(14-9-11)15-4-6-16-7-5-15/h8-10H,3-7H2,1-2H3. The molecule has 88 valence electrons. The number of rotatable bonds is 3. The van der Waals surface area contributed by atoms with Crippen molar-refractivity contribution in [3.63, 3.8) is 0 Å². The molecular formula is C12H19N3O. The minimum absolute atomic E-state index is 0.540. The zero-order valence-electron chi connectivity index (χ0n) is 10.0. The number of morpholine rings is 1. The Morgan fingerprint density at radius 2 is 1.94 bits per heavy atom. The minimum atomic E-state index is 0.540. The Morgan fingerprint density at radius 1 is 1.31 bits per heavy atom. The van der Waals surface area contributed by atoms with Gasteiger partial charge in [-0.15, -0.1) is 0 Å². The SMILES string of the molecule is CCC(C)c1cnc(N2CCOCC2)nc1. The second-order valence-corrected chi connectivity index (χ2v) is 4.23. The molecule has 16 heavy (non-hydrogen) atoms. The van der Waals surface area contributed by atoms with Crippen LogP contribution in [0.5, 0.6) is 0 Å². The third-order valence-electron chi connectivity index (χ3n) is 3.13. The van der Waals surface area contributed by atoms with Gasteiger partial charge in [-0.25, -0.2) is 9.97 Å². The van der Waals surface area contributed by atoms with Gasteiger partial charge in [-0.2, -0.15) is 0 Å². The summed E-state index contributed by atoms with van der Waals surface area (Å²) in [7, 11) is 0. The summed E-state index contributed by atoms with van der Waals surface area (Å²) in [5, 5.41) is 0. The van der Waals surface area contributed by atoms with Crippen molar-refractivity contribution in [2.24, 2.45) is 0 Å². The van der Waals surface area contributed by atoms with E-state index in [1.54, 1.807) is 0 Å². The van der Waals surface area contributed by atoms with Crippen molar-refractivity contribution >= 4 is 5.95 Å². The smallest absolute Gasteiger partial charge is 0.225 e. The summed E-state index contributed by atoms with van der Waals surface area (Å²) in [6.45, 7) is 7.71. The van der Waals surface area contributed by atoms with E-state index < -0.39 is 0 Å². The van der Waals surface area contributed by atoms with Crippen LogP contribution in [0.2, 0.25) is 0 Å². The molecule has 2 rings (SSSR count). The van der Waals surface area contributed by atoms with E-state index in [0.29, 0.717) is 5.92 Å². The summed E-state index contributed by atoms with van der Waals surface area (Å²) in [5.74, 6) is 1.37. The first-order valence-corrected chi connectivity index (χ1v) is 5.96. The van der Waals surface area contributed by atoms with Gasteiger partial charge in [0, 0.05) is 25.5 Å². The average Bonchev–Trinajstić information content (AvgIpc) is 2.39. The lowest BCUT2D eigenvalue weighted by Crippen LogP contribution is -2.37. The molecule has 1 aromatic rings. The zero-order chi connectivity index (χ0) is 11.4. The summed E-state index contributed by atoms with van der Waals surface area (Å²) in [4.78, 5) is 11.0. The first kappa shape index (κ1) is 11.3. The number of aromatic nitrogens is 2. The molecule has 0 bridgehead atoms. The van der Waals surface area contributed by atoms with E-state index in [-0.39, 0.29) is 0 Å². The lowest BCUT2D eigenvalue weighted by Gasteiger charge is -2.26. The molecular weight excluding hydrogens is 202 g/mol. The van der Waals surface area contributed by atoms with E-state index in [4.69, 9.17) is 4.74 Å². The molecule has 0 radical (unpaired) electrons. The molecule has 0 aromatic carbocycles. The fourth-order valence-corrected chi connectivity index (χ4v) is 1.75. The Morgan fingerprint density at radius 3 is 2.50 bits per heavy atom. The lowest BCUT2D eigenvalue weighted by molar-refractivity contribution is 0.122. The first-order valence-electron chi connectivity index (χ1n) is 5.96. The van der Waals surface area contributed by atoms with E-state index in [2.05, 4.69) is 28.7 Å². The highest BCUT2D eigenvalue weighted by molar-refractivity contribution is 5.30. The van der Waals surface area contributed by atoms with Crippen LogP contribution in [0, 0.1) is 0 Å². The maximum absolute atomic E-state index is 5.30. The number of nitrogens with zero attached hydrogens (tertiary/aromatic N) is 3. The molecule has 1 aliphatic rings. The van der Waals surface area contributed by atoms with Crippen molar-refractivity contribution < 1.29 is 4.74 Å². The maximum Gasteiger partial charge on any atom is 0.225 e. The van der Waals surface area contributed by atoms with Gasteiger partial charge in [0.25, 0.3) is 0 Å². The van der Waals surface area contributed by atoms with Crippen molar-refractivity contribution in [2.45, 2.75) is 26.2 Å². The molecule has 1 atom stereocenters. The van der Waals surface area contributed by atoms with Crippen molar-refractivity contribution in [3.8, 4) is 0 Å². The fourth-order valence-electron chi connectivity index (χ4n) is 1.75. The van der Waals surface area contributed by atoms with E-state index in [1.165, 1.54) is 5.56 Å². The van der Waals surface area contributed by atoms with Crippen LogP contribution in [0.3, 0.4) is 0 Å². The van der Waals surface area contributed by atoms with Crippen molar-refractivity contribution in [3.05, 3.63) is 18.0 Å². The summed E-state index contributed by atoms with van der Waals surface area (Å²) in [6.07, 6.45) is 5.03. The Balaban J connectivity index is 2.06. The Hall–Kier alpha value is -1.16. The van der Waals surface area contributed by atoms with Gasteiger partial charge in [0.2, 0.25) is 5.95 Å². The van der Waals surface area contributed by atoms with Crippen LogP contribution in [0.1, 0.15) is 31.7 Å². The van der Waals surface area contributed by atoms with Crippen LogP contribution < -0.4 is 4.90 Å². The van der Waals surface area contributed by atoms with Gasteiger partial charge in [0.05, 0.1) is 13.2 Å². The molecule has 4 nitrogen and oxygen atoms in total. The van der Waals surface area contributed by atoms with Gasteiger partial charge in [0.15, 0.2) is 0 Å². The molecule has 1 unspecified atom stereocenters. The predicted octanol–water partition coefficient (Wildman–Crippen LogP) is 1.83. The van der Waals surface area contributed by atoms with Crippen LogP contribution in [0.4, 0.5) is 5.95 Å². The van der Waals surface area contributed by atoms with Gasteiger partial charge in [-0.05, 0) is 17.9 Å². The van der Waals surface area contributed by atoms with Crippen molar-refractivity contribution in [2.75, 3.05) is 31.2 Å². The lowest BCUT2D eigenvalue weighted by atomic mass is 10.0. The van der Waals surface area contributed by atoms with Crippen LogP contribution in [-0.4, -0.2) is 36.3 Å². The molecule has 0 saturated carbocycles. The highest BCUT2D eigenvalue weighted by atomic mass is 16.5. The molecule has 1 saturated heterocycles. The minimum Gasteiger partial charge on any atom is -0.378 e. The summed E-state index contributed by atoms with van der Waals surface area (Å²) >= 11 is 0. The molecule has 0 N–H and O–H groups in total. The number of hydrogen-bond acceptors (Lipinski definition) is 4. The monoisotopic (exact) mass is 221 g/mol. The van der Waals surface area contributed by atoms with Gasteiger partial charge in [0.1, 0.15) is 0 Å². The largest absolute Gasteiger partial charge is 0.378 e. The van der Waals surface area contributed by atoms with Crippen LogP contribution in [-0.2, 0) is 4.74 Å². The van der Waals surface area contributed by atoms with Crippen LogP contribution >= 0.6 is 0 Å². The highest BCUT2D eigenvalue weighted by Gasteiger charge is 2.13. The number of hydrogen-bond donors (Lipinski definition) is 0. The average molecular weight is 221 g/mol. The van der Waals surface area contributed by atoms with Crippen molar-refractivity contribution in [1.82, 2.24) is 9.97 Å². The van der Waals surface area contributed by atoms with Gasteiger partial charge < -0.3 is 9.64 Å². The predicted molar refractivity (Wildman–Crippen MR) is 63.8 cm³/mol. The molecule has 1 fully saturated rings. The van der Waals surface area contributed by atoms with Crippen LogP contribution in [0.25, 0.3) is 0 Å². The summed E-state index contributed by atoms with van der Waals surface area (Å²) in [6, 6.07) is 0. The van der Waals surface area contributed by atoms with Crippen molar-refractivity contribution in [1.29, 1.82) is 0 Å². The second kappa shape index (κ2) is 5.25. The van der Waals surface area contributed by atoms with E-state index >= 15 is 0 Å². The Labute approximate surface area is 96.7 Å². The van der Waals surface area contributed by atoms with Gasteiger partial charge >= 0.3 is 0 Å². The maximum atomic E-state index is 5.30. The van der Waals surface area contributed by atoms with Gasteiger partial charge in [-0.1, -0.05) is 13.8 Å². The number of ether oxygens (including phenoxy) is 1. The molecule has 2 heterocycles. The fraction of sp³-hybridized carbons (Fsp3) is 0.667. The third kappa shape index (κ3) is 2.50. The summed E-state index contributed by atoms with van der Waals surface area (Å²) < 4.78 is 5.30. The Bertz CT molecular complexity index is 320. The first-order chi connectivity index (χ1) is 7.81. The second-order valence-electron chi connectivity index (χ2n) is 4.23.